The monoisotopic (exact) mass is 284 g/mol. The van der Waals surface area contributed by atoms with Gasteiger partial charge in [0, 0.05) is 51.2 Å². The molecule has 5 nitrogen and oxygen atoms in total. The number of hydrogen-bond acceptors (Lipinski definition) is 4. The van der Waals surface area contributed by atoms with Crippen molar-refractivity contribution >= 4 is 5.91 Å². The van der Waals surface area contributed by atoms with Crippen LogP contribution in [-0.2, 0) is 4.79 Å². The van der Waals surface area contributed by atoms with Crippen molar-refractivity contribution < 1.29 is 4.79 Å². The van der Waals surface area contributed by atoms with Gasteiger partial charge in [-0.15, -0.1) is 0 Å². The van der Waals surface area contributed by atoms with E-state index in [-0.39, 0.29) is 11.9 Å². The lowest BCUT2D eigenvalue weighted by atomic mass is 10.0. The van der Waals surface area contributed by atoms with Gasteiger partial charge in [-0.05, 0) is 26.3 Å². The molecule has 0 spiro atoms. The molecule has 0 bridgehead atoms. The van der Waals surface area contributed by atoms with E-state index in [1.807, 2.05) is 6.92 Å². The number of nitrogens with zero attached hydrogens (tertiary/aromatic N) is 2. The lowest BCUT2D eigenvalue weighted by molar-refractivity contribution is -0.121. The Balaban J connectivity index is 2.37. The molecule has 1 fully saturated rings. The lowest BCUT2D eigenvalue weighted by Gasteiger charge is -2.39. The molecule has 5 heteroatoms. The van der Waals surface area contributed by atoms with Crippen molar-refractivity contribution in [2.45, 2.75) is 45.7 Å². The molecule has 1 saturated heterocycles. The minimum atomic E-state index is 0.0966. The molecule has 0 saturated carbocycles. The van der Waals surface area contributed by atoms with Crippen LogP contribution in [-0.4, -0.2) is 67.6 Å². The van der Waals surface area contributed by atoms with Crippen LogP contribution in [0.2, 0.25) is 0 Å². The summed E-state index contributed by atoms with van der Waals surface area (Å²) in [5.74, 6) is 0.675. The molecule has 0 aromatic carbocycles. The second kappa shape index (κ2) is 8.60. The highest BCUT2D eigenvalue weighted by Crippen LogP contribution is 2.13. The Bertz CT molecular complexity index is 286. The topological polar surface area (TPSA) is 61.6 Å². The van der Waals surface area contributed by atoms with Gasteiger partial charge in [0.1, 0.15) is 0 Å². The van der Waals surface area contributed by atoms with E-state index in [1.165, 1.54) is 0 Å². The summed E-state index contributed by atoms with van der Waals surface area (Å²) < 4.78 is 0. The van der Waals surface area contributed by atoms with E-state index in [0.29, 0.717) is 18.4 Å². The summed E-state index contributed by atoms with van der Waals surface area (Å²) in [4.78, 5) is 16.7. The van der Waals surface area contributed by atoms with Crippen molar-refractivity contribution in [3.63, 3.8) is 0 Å². The average Bonchev–Trinajstić information content (AvgIpc) is 2.38. The highest BCUT2D eigenvalue weighted by atomic mass is 16.1. The molecule has 0 radical (unpaired) electrons. The van der Waals surface area contributed by atoms with Gasteiger partial charge in [0.25, 0.3) is 0 Å². The Morgan fingerprint density at radius 2 is 1.80 bits per heavy atom. The number of piperazine rings is 1. The molecular formula is C15H32N4O. The fraction of sp³-hybridized carbons (Fsp3) is 0.933. The van der Waals surface area contributed by atoms with Crippen LogP contribution in [0.3, 0.4) is 0 Å². The second-order valence-electron chi connectivity index (χ2n) is 6.47. The van der Waals surface area contributed by atoms with Crippen LogP contribution >= 0.6 is 0 Å². The molecule has 118 valence electrons. The number of hydrogen-bond donors (Lipinski definition) is 2. The molecule has 3 N–H and O–H groups in total. The standard InChI is InChI=1S/C15H32N4O/c1-12(2)14(19-9-7-18(4)8-10-19)11-17-15(20)6-5-13(3)16/h12-14H,5-11,16H2,1-4H3,(H,17,20). The third-order valence-electron chi connectivity index (χ3n) is 4.11. The van der Waals surface area contributed by atoms with Crippen LogP contribution in [0.25, 0.3) is 0 Å². The number of likely N-dealkylation sites (N-methyl/N-ethyl adjacent to an activating group) is 1. The van der Waals surface area contributed by atoms with Gasteiger partial charge in [0.05, 0.1) is 0 Å². The number of rotatable bonds is 7. The minimum absolute atomic E-state index is 0.0966. The molecule has 2 unspecified atom stereocenters. The van der Waals surface area contributed by atoms with Crippen molar-refractivity contribution in [3.8, 4) is 0 Å². The fourth-order valence-electron chi connectivity index (χ4n) is 2.61. The largest absolute Gasteiger partial charge is 0.355 e. The van der Waals surface area contributed by atoms with Gasteiger partial charge in [-0.2, -0.15) is 0 Å². The maximum atomic E-state index is 11.8. The van der Waals surface area contributed by atoms with Crippen molar-refractivity contribution in [2.24, 2.45) is 11.7 Å². The molecule has 2 atom stereocenters. The lowest BCUT2D eigenvalue weighted by Crippen LogP contribution is -2.54. The highest BCUT2D eigenvalue weighted by molar-refractivity contribution is 5.75. The first-order valence-electron chi connectivity index (χ1n) is 7.85. The van der Waals surface area contributed by atoms with E-state index in [1.54, 1.807) is 0 Å². The summed E-state index contributed by atoms with van der Waals surface area (Å²) in [6.45, 7) is 11.6. The number of nitrogens with one attached hydrogen (secondary N) is 1. The van der Waals surface area contributed by atoms with Gasteiger partial charge in [-0.25, -0.2) is 0 Å². The zero-order valence-corrected chi connectivity index (χ0v) is 13.6. The maximum absolute atomic E-state index is 11.8. The van der Waals surface area contributed by atoms with Crippen molar-refractivity contribution in [1.82, 2.24) is 15.1 Å². The van der Waals surface area contributed by atoms with Crippen LogP contribution in [0, 0.1) is 5.92 Å². The van der Waals surface area contributed by atoms with E-state index in [4.69, 9.17) is 5.73 Å². The fourth-order valence-corrected chi connectivity index (χ4v) is 2.61. The Kier molecular flexibility index (Phi) is 7.48. The van der Waals surface area contributed by atoms with Gasteiger partial charge in [0.2, 0.25) is 5.91 Å². The molecule has 0 aromatic rings. The quantitative estimate of drug-likeness (QED) is 0.715. The summed E-state index contributed by atoms with van der Waals surface area (Å²) in [7, 11) is 2.16. The minimum Gasteiger partial charge on any atom is -0.355 e. The first-order valence-corrected chi connectivity index (χ1v) is 7.85. The Hall–Kier alpha value is -0.650. The summed E-state index contributed by atoms with van der Waals surface area (Å²) in [5, 5.41) is 3.08. The first kappa shape index (κ1) is 17.4. The normalized spacial score (nSPS) is 20.9. The summed E-state index contributed by atoms with van der Waals surface area (Å²) in [6.07, 6.45) is 1.29. The van der Waals surface area contributed by atoms with Gasteiger partial charge in [-0.1, -0.05) is 13.8 Å². The van der Waals surface area contributed by atoms with E-state index >= 15 is 0 Å². The molecule has 0 aromatic heterocycles. The number of nitrogens with two attached hydrogens (primary N) is 1. The molecule has 1 amide bonds. The summed E-state index contributed by atoms with van der Waals surface area (Å²) in [5.41, 5.74) is 5.68. The van der Waals surface area contributed by atoms with Crippen LogP contribution < -0.4 is 11.1 Å². The highest BCUT2D eigenvalue weighted by Gasteiger charge is 2.25. The van der Waals surface area contributed by atoms with Crippen LogP contribution in [0.4, 0.5) is 0 Å². The van der Waals surface area contributed by atoms with E-state index < -0.39 is 0 Å². The van der Waals surface area contributed by atoms with Crippen LogP contribution in [0.15, 0.2) is 0 Å². The SMILES string of the molecule is CC(N)CCC(=O)NCC(C(C)C)N1CCN(C)CC1. The third-order valence-corrected chi connectivity index (χ3v) is 4.11. The van der Waals surface area contributed by atoms with Crippen molar-refractivity contribution in [3.05, 3.63) is 0 Å². The molecule has 1 rings (SSSR count). The van der Waals surface area contributed by atoms with Crippen LogP contribution in [0.5, 0.6) is 0 Å². The number of amides is 1. The van der Waals surface area contributed by atoms with Crippen LogP contribution in [0.1, 0.15) is 33.6 Å². The molecule has 1 heterocycles. The van der Waals surface area contributed by atoms with E-state index in [9.17, 15) is 4.79 Å². The van der Waals surface area contributed by atoms with E-state index in [0.717, 1.165) is 39.1 Å². The number of carbonyl (C=O) groups excluding carboxylic acids is 1. The molecular weight excluding hydrogens is 252 g/mol. The predicted molar refractivity (Wildman–Crippen MR) is 83.6 cm³/mol. The van der Waals surface area contributed by atoms with Crippen molar-refractivity contribution in [2.75, 3.05) is 39.8 Å². The predicted octanol–water partition coefficient (Wildman–Crippen LogP) is 0.502. The van der Waals surface area contributed by atoms with Crippen molar-refractivity contribution in [1.29, 1.82) is 0 Å². The maximum Gasteiger partial charge on any atom is 0.220 e. The molecule has 1 aliphatic heterocycles. The molecule has 1 aliphatic rings. The summed E-state index contributed by atoms with van der Waals surface area (Å²) >= 11 is 0. The zero-order valence-electron chi connectivity index (χ0n) is 13.6. The van der Waals surface area contributed by atoms with Gasteiger partial charge >= 0.3 is 0 Å². The average molecular weight is 284 g/mol. The Morgan fingerprint density at radius 1 is 1.20 bits per heavy atom. The van der Waals surface area contributed by atoms with E-state index in [2.05, 4.69) is 36.0 Å². The molecule has 20 heavy (non-hydrogen) atoms. The first-order chi connectivity index (χ1) is 9.40. The van der Waals surface area contributed by atoms with Gasteiger partial charge in [0.15, 0.2) is 0 Å². The number of carbonyl (C=O) groups is 1. The zero-order chi connectivity index (χ0) is 15.1. The molecule has 0 aliphatic carbocycles. The van der Waals surface area contributed by atoms with Gasteiger partial charge in [-0.3, -0.25) is 9.69 Å². The summed E-state index contributed by atoms with van der Waals surface area (Å²) in [6, 6.07) is 0.530. The third kappa shape index (κ3) is 6.20. The second-order valence-corrected chi connectivity index (χ2v) is 6.47. The smallest absolute Gasteiger partial charge is 0.220 e. The Morgan fingerprint density at radius 3 is 2.30 bits per heavy atom. The Labute approximate surface area is 123 Å². The van der Waals surface area contributed by atoms with Gasteiger partial charge < -0.3 is 16.0 Å².